The van der Waals surface area contributed by atoms with Gasteiger partial charge in [0.2, 0.25) is 11.8 Å². The second-order valence-electron chi connectivity index (χ2n) is 6.00. The van der Waals surface area contributed by atoms with Crippen LogP contribution in [0.5, 0.6) is 5.75 Å². The van der Waals surface area contributed by atoms with Gasteiger partial charge in [-0.3, -0.25) is 14.4 Å². The number of anilines is 1. The molecule has 2 aromatic carbocycles. The standard InChI is InChI=1S/C20H21FN2O5/c21-15-5-9-17(10-6-15)28-11-1-2-18(24)23-16-7-3-14(4-8-16)12-19(25)22-13-20(26)27/h3-10H,1-2,11-13H2,(H,22,25)(H,23,24)(H,26,27). The lowest BCUT2D eigenvalue weighted by Crippen LogP contribution is -2.30. The van der Waals surface area contributed by atoms with Crippen LogP contribution in [0.25, 0.3) is 0 Å². The number of halogens is 1. The number of ether oxygens (including phenoxy) is 1. The highest BCUT2D eigenvalue weighted by Gasteiger charge is 2.07. The Balaban J connectivity index is 1.68. The molecule has 7 nitrogen and oxygen atoms in total. The van der Waals surface area contributed by atoms with Crippen molar-refractivity contribution in [1.82, 2.24) is 5.32 Å². The van der Waals surface area contributed by atoms with Crippen LogP contribution in [0.3, 0.4) is 0 Å². The van der Waals surface area contributed by atoms with Gasteiger partial charge >= 0.3 is 5.97 Å². The summed E-state index contributed by atoms with van der Waals surface area (Å²) >= 11 is 0. The molecule has 148 valence electrons. The summed E-state index contributed by atoms with van der Waals surface area (Å²) in [5.41, 5.74) is 1.30. The predicted octanol–water partition coefficient (Wildman–Crippen LogP) is 2.37. The van der Waals surface area contributed by atoms with E-state index in [-0.39, 0.29) is 30.5 Å². The normalized spacial score (nSPS) is 10.2. The van der Waals surface area contributed by atoms with E-state index in [9.17, 15) is 18.8 Å². The van der Waals surface area contributed by atoms with E-state index in [0.29, 0.717) is 30.0 Å². The minimum atomic E-state index is -1.10. The lowest BCUT2D eigenvalue weighted by Gasteiger charge is -2.08. The lowest BCUT2D eigenvalue weighted by molar-refractivity contribution is -0.137. The second-order valence-corrected chi connectivity index (χ2v) is 6.00. The number of benzene rings is 2. The molecule has 3 N–H and O–H groups in total. The van der Waals surface area contributed by atoms with Crippen LogP contribution in [0.15, 0.2) is 48.5 Å². The Bertz CT molecular complexity index is 806. The summed E-state index contributed by atoms with van der Waals surface area (Å²) in [6.07, 6.45) is 0.827. The third-order valence-electron chi connectivity index (χ3n) is 3.67. The fourth-order valence-electron chi connectivity index (χ4n) is 2.31. The molecule has 0 unspecified atom stereocenters. The Labute approximate surface area is 161 Å². The number of hydrogen-bond acceptors (Lipinski definition) is 4. The largest absolute Gasteiger partial charge is 0.494 e. The SMILES string of the molecule is O=C(O)CNC(=O)Cc1ccc(NC(=O)CCCOc2ccc(F)cc2)cc1. The summed E-state index contributed by atoms with van der Waals surface area (Å²) in [6.45, 7) is -0.0821. The molecule has 0 radical (unpaired) electrons. The van der Waals surface area contributed by atoms with Crippen LogP contribution in [0, 0.1) is 5.82 Å². The first kappa shape index (κ1) is 20.9. The number of carbonyl (C=O) groups excluding carboxylic acids is 2. The van der Waals surface area contributed by atoms with E-state index in [1.54, 1.807) is 24.3 Å². The van der Waals surface area contributed by atoms with Crippen LogP contribution < -0.4 is 15.4 Å². The topological polar surface area (TPSA) is 105 Å². The van der Waals surface area contributed by atoms with Gasteiger partial charge in [0, 0.05) is 12.1 Å². The Hall–Kier alpha value is -3.42. The van der Waals surface area contributed by atoms with Crippen LogP contribution in [-0.4, -0.2) is 36.0 Å². The number of hydrogen-bond donors (Lipinski definition) is 3. The summed E-state index contributed by atoms with van der Waals surface area (Å²) in [7, 11) is 0. The molecule has 0 heterocycles. The van der Waals surface area contributed by atoms with Crippen molar-refractivity contribution in [2.24, 2.45) is 0 Å². The molecule has 2 amide bonds. The van der Waals surface area contributed by atoms with Crippen molar-refractivity contribution in [3.63, 3.8) is 0 Å². The first-order valence-electron chi connectivity index (χ1n) is 8.68. The minimum absolute atomic E-state index is 0.0578. The van der Waals surface area contributed by atoms with E-state index in [2.05, 4.69) is 10.6 Å². The van der Waals surface area contributed by atoms with E-state index in [1.807, 2.05) is 0 Å². The molecule has 0 aliphatic heterocycles. The van der Waals surface area contributed by atoms with Gasteiger partial charge in [-0.1, -0.05) is 12.1 Å². The molecule has 0 bridgehead atoms. The molecule has 0 aliphatic carbocycles. The van der Waals surface area contributed by atoms with Gasteiger partial charge in [0.1, 0.15) is 18.1 Å². The quantitative estimate of drug-likeness (QED) is 0.542. The van der Waals surface area contributed by atoms with Crippen LogP contribution in [0.1, 0.15) is 18.4 Å². The highest BCUT2D eigenvalue weighted by atomic mass is 19.1. The van der Waals surface area contributed by atoms with Crippen molar-refractivity contribution in [3.8, 4) is 5.75 Å². The molecular weight excluding hydrogens is 367 g/mol. The maximum Gasteiger partial charge on any atom is 0.322 e. The fourth-order valence-corrected chi connectivity index (χ4v) is 2.31. The molecule has 8 heteroatoms. The zero-order valence-corrected chi connectivity index (χ0v) is 15.1. The van der Waals surface area contributed by atoms with Crippen LogP contribution in [-0.2, 0) is 20.8 Å². The zero-order chi connectivity index (χ0) is 20.4. The first-order valence-corrected chi connectivity index (χ1v) is 8.68. The Morgan fingerprint density at radius 3 is 2.29 bits per heavy atom. The van der Waals surface area contributed by atoms with Crippen molar-refractivity contribution < 1.29 is 28.6 Å². The van der Waals surface area contributed by atoms with Crippen molar-refractivity contribution >= 4 is 23.5 Å². The maximum absolute atomic E-state index is 12.8. The van der Waals surface area contributed by atoms with E-state index < -0.39 is 12.5 Å². The lowest BCUT2D eigenvalue weighted by atomic mass is 10.1. The van der Waals surface area contributed by atoms with Crippen LogP contribution in [0.2, 0.25) is 0 Å². The predicted molar refractivity (Wildman–Crippen MR) is 101 cm³/mol. The minimum Gasteiger partial charge on any atom is -0.494 e. The van der Waals surface area contributed by atoms with Crippen molar-refractivity contribution in [2.45, 2.75) is 19.3 Å². The molecule has 2 aromatic rings. The van der Waals surface area contributed by atoms with E-state index in [4.69, 9.17) is 9.84 Å². The van der Waals surface area contributed by atoms with E-state index in [0.717, 1.165) is 0 Å². The van der Waals surface area contributed by atoms with Gasteiger partial charge in [0.15, 0.2) is 0 Å². The number of nitrogens with one attached hydrogen (secondary N) is 2. The summed E-state index contributed by atoms with van der Waals surface area (Å²) in [5, 5.41) is 13.5. The summed E-state index contributed by atoms with van der Waals surface area (Å²) in [5.74, 6) is -1.45. The number of amides is 2. The first-order chi connectivity index (χ1) is 13.4. The maximum atomic E-state index is 12.8. The van der Waals surface area contributed by atoms with Crippen molar-refractivity contribution in [3.05, 3.63) is 59.9 Å². The second kappa shape index (κ2) is 10.7. The molecule has 0 fully saturated rings. The molecule has 2 rings (SSSR count). The van der Waals surface area contributed by atoms with Gasteiger partial charge in [-0.2, -0.15) is 0 Å². The number of aliphatic carboxylic acids is 1. The third-order valence-corrected chi connectivity index (χ3v) is 3.67. The van der Waals surface area contributed by atoms with Gasteiger partial charge in [0.25, 0.3) is 0 Å². The molecule has 0 spiro atoms. The summed E-state index contributed by atoms with van der Waals surface area (Å²) < 4.78 is 18.2. The molecule has 0 aliphatic rings. The zero-order valence-electron chi connectivity index (χ0n) is 15.1. The monoisotopic (exact) mass is 388 g/mol. The molecule has 28 heavy (non-hydrogen) atoms. The number of rotatable bonds is 10. The molecule has 0 aromatic heterocycles. The van der Waals surface area contributed by atoms with Gasteiger partial charge in [-0.25, -0.2) is 4.39 Å². The molecule has 0 saturated heterocycles. The van der Waals surface area contributed by atoms with Crippen molar-refractivity contribution in [2.75, 3.05) is 18.5 Å². The highest BCUT2D eigenvalue weighted by Crippen LogP contribution is 2.13. The average molecular weight is 388 g/mol. The van der Waals surface area contributed by atoms with Gasteiger partial charge < -0.3 is 20.5 Å². The van der Waals surface area contributed by atoms with E-state index in [1.165, 1.54) is 24.3 Å². The average Bonchev–Trinajstić information content (AvgIpc) is 2.66. The smallest absolute Gasteiger partial charge is 0.322 e. The number of carboxylic acid groups (broad SMARTS) is 1. The van der Waals surface area contributed by atoms with Crippen molar-refractivity contribution in [1.29, 1.82) is 0 Å². The Kier molecular flexibility index (Phi) is 7.95. The number of carboxylic acids is 1. The molecule has 0 saturated carbocycles. The molecular formula is C20H21FN2O5. The Morgan fingerprint density at radius 1 is 0.964 bits per heavy atom. The fraction of sp³-hybridized carbons (Fsp3) is 0.250. The van der Waals surface area contributed by atoms with E-state index >= 15 is 0 Å². The highest BCUT2D eigenvalue weighted by molar-refractivity contribution is 5.90. The summed E-state index contributed by atoms with van der Waals surface area (Å²) in [4.78, 5) is 33.9. The van der Waals surface area contributed by atoms with Gasteiger partial charge in [0.05, 0.1) is 13.0 Å². The summed E-state index contributed by atoms with van der Waals surface area (Å²) in [6, 6.07) is 12.4. The third kappa shape index (κ3) is 7.86. The molecule has 0 atom stereocenters. The van der Waals surface area contributed by atoms with Crippen LogP contribution >= 0.6 is 0 Å². The number of carbonyl (C=O) groups is 3. The van der Waals surface area contributed by atoms with Crippen LogP contribution in [0.4, 0.5) is 10.1 Å². The Morgan fingerprint density at radius 2 is 1.64 bits per heavy atom. The van der Waals surface area contributed by atoms with Gasteiger partial charge in [-0.15, -0.1) is 0 Å². The van der Waals surface area contributed by atoms with Gasteiger partial charge in [-0.05, 0) is 48.4 Å².